The Morgan fingerprint density at radius 1 is 0.880 bits per heavy atom. The number of aryl methyl sites for hydroxylation is 2. The molecule has 0 aliphatic carbocycles. The monoisotopic (exact) mass is 338 g/mol. The SMILES string of the molecule is Cc1cc(C)cc(NC(=O)c2cccc(NC(=O)C=CC(=O)O)c2)c1. The number of hydrogen-bond acceptors (Lipinski definition) is 3. The van der Waals surface area contributed by atoms with Gasteiger partial charge in [0.1, 0.15) is 0 Å². The van der Waals surface area contributed by atoms with E-state index >= 15 is 0 Å². The molecule has 128 valence electrons. The van der Waals surface area contributed by atoms with E-state index in [4.69, 9.17) is 5.11 Å². The van der Waals surface area contributed by atoms with Crippen molar-refractivity contribution in [3.63, 3.8) is 0 Å². The number of carbonyl (C=O) groups is 3. The van der Waals surface area contributed by atoms with Crippen LogP contribution in [0.2, 0.25) is 0 Å². The van der Waals surface area contributed by atoms with Crippen LogP contribution in [0.5, 0.6) is 0 Å². The first-order valence-corrected chi connectivity index (χ1v) is 7.55. The summed E-state index contributed by atoms with van der Waals surface area (Å²) in [4.78, 5) is 34.4. The molecule has 0 aliphatic rings. The summed E-state index contributed by atoms with van der Waals surface area (Å²) < 4.78 is 0. The van der Waals surface area contributed by atoms with E-state index in [1.807, 2.05) is 32.0 Å². The average molecular weight is 338 g/mol. The van der Waals surface area contributed by atoms with Crippen LogP contribution in [0.25, 0.3) is 0 Å². The summed E-state index contributed by atoms with van der Waals surface area (Å²) in [6, 6.07) is 12.1. The molecule has 0 fully saturated rings. The number of carbonyl (C=O) groups excluding carboxylic acids is 2. The number of nitrogens with one attached hydrogen (secondary N) is 2. The van der Waals surface area contributed by atoms with Crippen molar-refractivity contribution in [2.75, 3.05) is 10.6 Å². The summed E-state index contributed by atoms with van der Waals surface area (Å²) in [7, 11) is 0. The van der Waals surface area contributed by atoms with Gasteiger partial charge in [0, 0.05) is 29.1 Å². The van der Waals surface area contributed by atoms with Crippen molar-refractivity contribution in [1.82, 2.24) is 0 Å². The third-order valence-corrected chi connectivity index (χ3v) is 3.25. The van der Waals surface area contributed by atoms with Crippen molar-refractivity contribution in [3.8, 4) is 0 Å². The van der Waals surface area contributed by atoms with E-state index in [2.05, 4.69) is 10.6 Å². The molecule has 0 saturated carbocycles. The van der Waals surface area contributed by atoms with Crippen molar-refractivity contribution in [2.45, 2.75) is 13.8 Å². The maximum atomic E-state index is 12.4. The topological polar surface area (TPSA) is 95.5 Å². The number of amides is 2. The van der Waals surface area contributed by atoms with Crippen LogP contribution in [0.1, 0.15) is 21.5 Å². The zero-order chi connectivity index (χ0) is 18.4. The van der Waals surface area contributed by atoms with E-state index in [0.717, 1.165) is 23.3 Å². The molecule has 0 saturated heterocycles. The van der Waals surface area contributed by atoms with Crippen LogP contribution in [0.3, 0.4) is 0 Å². The molecule has 6 nitrogen and oxygen atoms in total. The van der Waals surface area contributed by atoms with Crippen LogP contribution in [-0.4, -0.2) is 22.9 Å². The number of benzene rings is 2. The third kappa shape index (κ3) is 5.62. The standard InChI is InChI=1S/C19H18N2O4/c1-12-8-13(2)10-16(9-12)21-19(25)14-4-3-5-15(11-14)20-17(22)6-7-18(23)24/h3-11H,1-2H3,(H,20,22)(H,21,25)(H,23,24). The van der Waals surface area contributed by atoms with Gasteiger partial charge in [-0.15, -0.1) is 0 Å². The lowest BCUT2D eigenvalue weighted by atomic mass is 10.1. The van der Waals surface area contributed by atoms with Gasteiger partial charge < -0.3 is 15.7 Å². The van der Waals surface area contributed by atoms with Gasteiger partial charge in [-0.1, -0.05) is 12.1 Å². The Morgan fingerprint density at radius 3 is 2.20 bits per heavy atom. The molecule has 3 N–H and O–H groups in total. The fourth-order valence-corrected chi connectivity index (χ4v) is 2.32. The minimum absolute atomic E-state index is 0.304. The van der Waals surface area contributed by atoms with Crippen LogP contribution < -0.4 is 10.6 Å². The molecule has 0 atom stereocenters. The lowest BCUT2D eigenvalue weighted by Gasteiger charge is -2.09. The quantitative estimate of drug-likeness (QED) is 0.730. The van der Waals surface area contributed by atoms with E-state index in [1.54, 1.807) is 18.2 Å². The number of carboxylic acid groups (broad SMARTS) is 1. The first-order chi connectivity index (χ1) is 11.8. The molecule has 6 heteroatoms. The van der Waals surface area contributed by atoms with Gasteiger partial charge in [-0.05, 0) is 55.3 Å². The lowest BCUT2D eigenvalue weighted by Crippen LogP contribution is -2.13. The maximum absolute atomic E-state index is 12.4. The first-order valence-electron chi connectivity index (χ1n) is 7.55. The summed E-state index contributed by atoms with van der Waals surface area (Å²) in [5, 5.41) is 13.8. The second-order valence-corrected chi connectivity index (χ2v) is 5.57. The average Bonchev–Trinajstić information content (AvgIpc) is 2.52. The minimum Gasteiger partial charge on any atom is -0.478 e. The molecule has 25 heavy (non-hydrogen) atoms. The van der Waals surface area contributed by atoms with Gasteiger partial charge in [0.15, 0.2) is 0 Å². The van der Waals surface area contributed by atoms with Gasteiger partial charge in [-0.25, -0.2) is 4.79 Å². The highest BCUT2D eigenvalue weighted by molar-refractivity contribution is 6.06. The van der Waals surface area contributed by atoms with Crippen molar-refractivity contribution >= 4 is 29.2 Å². The summed E-state index contributed by atoms with van der Waals surface area (Å²) in [6.45, 7) is 3.90. The third-order valence-electron chi connectivity index (χ3n) is 3.25. The largest absolute Gasteiger partial charge is 0.478 e. The zero-order valence-corrected chi connectivity index (χ0v) is 13.9. The minimum atomic E-state index is -1.21. The molecule has 2 aromatic rings. The second kappa shape index (κ2) is 7.92. The number of aliphatic carboxylic acids is 1. The molecular formula is C19H18N2O4. The zero-order valence-electron chi connectivity index (χ0n) is 13.9. The molecule has 2 rings (SSSR count). The molecule has 2 aromatic carbocycles. The van der Waals surface area contributed by atoms with E-state index in [1.165, 1.54) is 6.07 Å². The summed E-state index contributed by atoms with van der Waals surface area (Å²) >= 11 is 0. The maximum Gasteiger partial charge on any atom is 0.328 e. The van der Waals surface area contributed by atoms with Crippen molar-refractivity contribution in [2.24, 2.45) is 0 Å². The summed E-state index contributed by atoms with van der Waals surface area (Å²) in [6.07, 6.45) is 1.65. The van der Waals surface area contributed by atoms with E-state index in [-0.39, 0.29) is 5.91 Å². The Kier molecular flexibility index (Phi) is 5.68. The van der Waals surface area contributed by atoms with Gasteiger partial charge in [-0.2, -0.15) is 0 Å². The molecule has 0 spiro atoms. The molecule has 0 aliphatic heterocycles. The van der Waals surface area contributed by atoms with Crippen LogP contribution in [-0.2, 0) is 9.59 Å². The van der Waals surface area contributed by atoms with Crippen molar-refractivity contribution < 1.29 is 19.5 Å². The Balaban J connectivity index is 2.10. The van der Waals surface area contributed by atoms with Gasteiger partial charge in [0.05, 0.1) is 0 Å². The smallest absolute Gasteiger partial charge is 0.328 e. The number of hydrogen-bond donors (Lipinski definition) is 3. The molecule has 0 radical (unpaired) electrons. The Bertz CT molecular complexity index is 836. The highest BCUT2D eigenvalue weighted by atomic mass is 16.4. The molecule has 0 aromatic heterocycles. The molecule has 2 amide bonds. The van der Waals surface area contributed by atoms with Crippen molar-refractivity contribution in [1.29, 1.82) is 0 Å². The molecule has 0 heterocycles. The van der Waals surface area contributed by atoms with Gasteiger partial charge in [0.25, 0.3) is 5.91 Å². The Morgan fingerprint density at radius 2 is 1.56 bits per heavy atom. The van der Waals surface area contributed by atoms with Crippen LogP contribution in [0.15, 0.2) is 54.6 Å². The Hall–Kier alpha value is -3.41. The molecule has 0 unspecified atom stereocenters. The van der Waals surface area contributed by atoms with Gasteiger partial charge >= 0.3 is 5.97 Å². The summed E-state index contributed by atoms with van der Waals surface area (Å²) in [5.74, 6) is -2.10. The van der Waals surface area contributed by atoms with Gasteiger partial charge in [0.2, 0.25) is 5.91 Å². The fraction of sp³-hybridized carbons (Fsp3) is 0.105. The van der Waals surface area contributed by atoms with E-state index < -0.39 is 11.9 Å². The second-order valence-electron chi connectivity index (χ2n) is 5.57. The molecule has 0 bridgehead atoms. The highest BCUT2D eigenvalue weighted by Gasteiger charge is 2.08. The number of carboxylic acids is 1. The first kappa shape index (κ1) is 17.9. The number of anilines is 2. The Labute approximate surface area is 145 Å². The normalized spacial score (nSPS) is 10.5. The van der Waals surface area contributed by atoms with Crippen LogP contribution in [0.4, 0.5) is 11.4 Å². The summed E-state index contributed by atoms with van der Waals surface area (Å²) in [5.41, 5.74) is 3.55. The lowest BCUT2D eigenvalue weighted by molar-refractivity contribution is -0.131. The molecular weight excluding hydrogens is 320 g/mol. The van der Waals surface area contributed by atoms with E-state index in [0.29, 0.717) is 16.9 Å². The number of rotatable bonds is 5. The van der Waals surface area contributed by atoms with Gasteiger partial charge in [-0.3, -0.25) is 9.59 Å². The van der Waals surface area contributed by atoms with E-state index in [9.17, 15) is 14.4 Å². The van der Waals surface area contributed by atoms with Crippen LogP contribution >= 0.6 is 0 Å². The van der Waals surface area contributed by atoms with Crippen molar-refractivity contribution in [3.05, 3.63) is 71.3 Å². The predicted octanol–water partition coefficient (Wildman–Crippen LogP) is 3.14. The fourth-order valence-electron chi connectivity index (χ4n) is 2.32. The predicted molar refractivity (Wildman–Crippen MR) is 95.7 cm³/mol. The highest BCUT2D eigenvalue weighted by Crippen LogP contribution is 2.16. The van der Waals surface area contributed by atoms with Crippen LogP contribution in [0, 0.1) is 13.8 Å².